The zero-order valence-corrected chi connectivity index (χ0v) is 16.2. The average molecular weight is 381 g/mol. The first-order valence-electron chi connectivity index (χ1n) is 6.91. The van der Waals surface area contributed by atoms with Crippen LogP contribution in [-0.4, -0.2) is 19.0 Å². The summed E-state index contributed by atoms with van der Waals surface area (Å²) in [6, 6.07) is 0. The highest BCUT2D eigenvalue weighted by Crippen LogP contribution is 2.23. The van der Waals surface area contributed by atoms with Crippen LogP contribution in [0, 0.1) is 39.0 Å². The Morgan fingerprint density at radius 2 is 0.727 bits per heavy atom. The van der Waals surface area contributed by atoms with Crippen LogP contribution in [0.4, 0.5) is 0 Å². The Morgan fingerprint density at radius 1 is 0.455 bits per heavy atom. The molecule has 4 aromatic rings. The second-order valence-corrected chi connectivity index (χ2v) is 11.8. The van der Waals surface area contributed by atoms with Gasteiger partial charge in [-0.25, -0.2) is 0 Å². The number of thiophene rings is 4. The minimum Gasteiger partial charge on any atom is -0.142 e. The molecule has 0 aromatic carbocycles. The zero-order valence-electron chi connectivity index (χ0n) is 10.9. The lowest BCUT2D eigenvalue weighted by Gasteiger charge is -1.87. The van der Waals surface area contributed by atoms with Crippen LogP contribution in [0.15, 0.2) is 21.5 Å². The Morgan fingerprint density at radius 3 is 1.00 bits per heavy atom. The van der Waals surface area contributed by atoms with E-state index in [0.29, 0.717) is 0 Å². The molecule has 2 aliphatic heterocycles. The number of hydrogen-bond acceptors (Lipinski definition) is 4. The van der Waals surface area contributed by atoms with Gasteiger partial charge in [0.2, 0.25) is 0 Å². The van der Waals surface area contributed by atoms with Crippen molar-refractivity contribution in [2.45, 2.75) is 0 Å². The summed E-state index contributed by atoms with van der Waals surface area (Å²) in [7, 11) is 1.73. The highest BCUT2D eigenvalue weighted by Gasteiger charge is 2.22. The third kappa shape index (κ3) is 1.13. The minimum absolute atomic E-state index is 0.864. The van der Waals surface area contributed by atoms with Gasteiger partial charge < -0.3 is 0 Å². The molecule has 7 rings (SSSR count). The van der Waals surface area contributed by atoms with Crippen LogP contribution in [0.1, 0.15) is 0 Å². The molecule has 0 N–H and O–H groups in total. The third-order valence-electron chi connectivity index (χ3n) is 4.62. The van der Waals surface area contributed by atoms with Gasteiger partial charge in [-0.1, -0.05) is 0 Å². The van der Waals surface area contributed by atoms with Gasteiger partial charge in [-0.2, -0.15) is 0 Å². The highest BCUT2D eigenvalue weighted by atomic mass is 32.1. The zero-order chi connectivity index (χ0) is 14.0. The van der Waals surface area contributed by atoms with E-state index in [4.69, 9.17) is 0 Å². The summed E-state index contributed by atoms with van der Waals surface area (Å²) in [6.07, 6.45) is 0. The van der Waals surface area contributed by atoms with Gasteiger partial charge in [-0.3, -0.25) is 0 Å². The molecule has 0 nitrogen and oxygen atoms in total. The maximum atomic E-state index is 2.42. The van der Waals surface area contributed by atoms with E-state index in [0.717, 1.165) is 19.0 Å². The molecule has 0 unspecified atom stereocenters. The molecule has 6 heteroatoms. The Hall–Kier alpha value is -0.766. The predicted octanol–water partition coefficient (Wildman–Crippen LogP) is 1.33. The Balaban J connectivity index is 2.21. The van der Waals surface area contributed by atoms with Crippen LogP contribution < -0.4 is 20.7 Å². The molecule has 0 spiro atoms. The van der Waals surface area contributed by atoms with Gasteiger partial charge in [0.1, 0.15) is 19.0 Å². The minimum atomic E-state index is 0.864. The maximum absolute atomic E-state index is 2.42. The fourth-order valence-electron chi connectivity index (χ4n) is 3.75. The summed E-state index contributed by atoms with van der Waals surface area (Å²) < 4.78 is 6.17. The van der Waals surface area contributed by atoms with Crippen LogP contribution in [0.2, 0.25) is 0 Å². The lowest BCUT2D eigenvalue weighted by atomic mass is 10.2. The molecular weight excluding hydrogens is 377 g/mol. The molecule has 3 aliphatic rings. The van der Waals surface area contributed by atoms with E-state index < -0.39 is 0 Å². The summed E-state index contributed by atoms with van der Waals surface area (Å²) in [5.41, 5.74) is 0. The molecule has 0 saturated carbocycles. The van der Waals surface area contributed by atoms with Gasteiger partial charge in [0, 0.05) is 20.9 Å². The quantitative estimate of drug-likeness (QED) is 0.348. The van der Waals surface area contributed by atoms with Crippen molar-refractivity contribution in [2.24, 2.45) is 0 Å². The van der Waals surface area contributed by atoms with Crippen LogP contribution in [0.5, 0.6) is 0 Å². The van der Waals surface area contributed by atoms with E-state index in [1.54, 1.807) is 59.8 Å². The Bertz CT molecular complexity index is 1300. The summed E-state index contributed by atoms with van der Waals surface area (Å²) in [4.78, 5) is 0. The van der Waals surface area contributed by atoms with Crippen molar-refractivity contribution in [3.05, 3.63) is 60.5 Å². The van der Waals surface area contributed by atoms with E-state index in [1.165, 1.54) is 0 Å². The second-order valence-electron chi connectivity index (χ2n) is 5.66. The monoisotopic (exact) mass is 380 g/mol. The lowest BCUT2D eigenvalue weighted by Crippen LogP contribution is -2.20. The van der Waals surface area contributed by atoms with E-state index in [2.05, 4.69) is 21.5 Å². The molecule has 100 valence electrons. The van der Waals surface area contributed by atoms with Crippen molar-refractivity contribution in [3.63, 3.8) is 0 Å². The molecule has 0 fully saturated rings. The van der Waals surface area contributed by atoms with E-state index in [1.807, 2.05) is 45.3 Å². The van der Waals surface area contributed by atoms with E-state index in [-0.39, 0.29) is 0 Å². The fraction of sp³-hybridized carbons (Fsp3) is 0. The van der Waals surface area contributed by atoms with Crippen molar-refractivity contribution in [3.8, 4) is 0 Å². The summed E-state index contributed by atoms with van der Waals surface area (Å²) in [6.45, 7) is 0. The highest BCUT2D eigenvalue weighted by molar-refractivity contribution is 7.15. The first-order chi connectivity index (χ1) is 10.9. The van der Waals surface area contributed by atoms with Crippen molar-refractivity contribution in [2.75, 3.05) is 0 Å². The molecule has 0 atom stereocenters. The molecule has 1 aliphatic carbocycles. The number of rotatable bonds is 0. The molecule has 6 heterocycles. The first-order valence-corrected chi connectivity index (χ1v) is 12.4. The normalized spacial score (nSPS) is 18.2. The first kappa shape index (κ1) is 11.7. The number of hydrogen-bond donors (Lipinski definition) is 0. The summed E-state index contributed by atoms with van der Waals surface area (Å²) in [5, 5.41) is 22.3. The van der Waals surface area contributed by atoms with Crippen LogP contribution in [0.3, 0.4) is 0 Å². The average Bonchev–Trinajstić information content (AvgIpc) is 3.21. The SMILES string of the molecule is c1s/c2c3c1[Si]c1cs/c(c1=3)=c1\scc3c1=c1c(cs/c1=2)[Si]3. The van der Waals surface area contributed by atoms with Gasteiger partial charge in [0.25, 0.3) is 0 Å². The standard InChI is InChI=1S/C16H4S4Si2/c1-5-9-10-6(21-5)2-19-15(10)16-12-8(4-20-16)22-7-3-18-14(11(7)12)13(9)17-1/h1-4H/b14-13-,16-15-. The van der Waals surface area contributed by atoms with Crippen molar-refractivity contribution >= 4 is 85.1 Å². The van der Waals surface area contributed by atoms with Gasteiger partial charge in [-0.05, 0) is 42.3 Å². The third-order valence-corrected chi connectivity index (χ3v) is 12.4. The second kappa shape index (κ2) is 3.66. The summed E-state index contributed by atoms with van der Waals surface area (Å²) in [5.74, 6) is 0. The molecule has 4 radical (unpaired) electrons. The van der Waals surface area contributed by atoms with Crippen molar-refractivity contribution < 1.29 is 0 Å². The largest absolute Gasteiger partial charge is 0.142 e. The molecule has 4 aromatic heterocycles. The summed E-state index contributed by atoms with van der Waals surface area (Å²) >= 11 is 7.88. The molecule has 0 saturated heterocycles. The van der Waals surface area contributed by atoms with Gasteiger partial charge in [0.05, 0.1) is 18.1 Å². The van der Waals surface area contributed by atoms with Crippen LogP contribution in [-0.2, 0) is 0 Å². The van der Waals surface area contributed by atoms with Gasteiger partial charge in [0.15, 0.2) is 0 Å². The Kier molecular flexibility index (Phi) is 1.95. The lowest BCUT2D eigenvalue weighted by molar-refractivity contribution is 1.51. The van der Waals surface area contributed by atoms with Gasteiger partial charge in [-0.15, -0.1) is 45.3 Å². The molecule has 22 heavy (non-hydrogen) atoms. The molecule has 0 bridgehead atoms. The van der Waals surface area contributed by atoms with Crippen molar-refractivity contribution in [1.29, 1.82) is 0 Å². The molecule has 0 amide bonds. The topological polar surface area (TPSA) is 0 Å². The fourth-order valence-corrected chi connectivity index (χ4v) is 12.0. The predicted molar refractivity (Wildman–Crippen MR) is 98.0 cm³/mol. The van der Waals surface area contributed by atoms with Gasteiger partial charge >= 0.3 is 0 Å². The van der Waals surface area contributed by atoms with Crippen LogP contribution in [0.25, 0.3) is 0 Å². The van der Waals surface area contributed by atoms with Crippen LogP contribution >= 0.6 is 45.3 Å². The van der Waals surface area contributed by atoms with Crippen molar-refractivity contribution in [1.82, 2.24) is 0 Å². The molecular formula is C16H4S4Si2. The maximum Gasteiger partial charge on any atom is 0.125 e. The van der Waals surface area contributed by atoms with E-state index >= 15 is 0 Å². The Labute approximate surface area is 145 Å². The smallest absolute Gasteiger partial charge is 0.125 e. The van der Waals surface area contributed by atoms with E-state index in [9.17, 15) is 0 Å².